The molecule has 2 rings (SSSR count). The lowest BCUT2D eigenvalue weighted by atomic mass is 10.2. The maximum atomic E-state index is 5.78. The molecule has 0 aliphatic carbocycles. The molecule has 0 spiro atoms. The number of nitrogens with one attached hydrogen (secondary N) is 1. The molecule has 12 heavy (non-hydrogen) atoms. The first-order valence-electron chi connectivity index (χ1n) is 4.26. The summed E-state index contributed by atoms with van der Waals surface area (Å²) >= 11 is 0. The normalized spacial score (nSPS) is 17.8. The first-order valence-corrected chi connectivity index (χ1v) is 4.26. The molecule has 1 aromatic heterocycles. The SMILES string of the molecule is CCC(N)c1nc2c(o1)CNC2. The molecule has 1 aliphatic heterocycles. The monoisotopic (exact) mass is 167 g/mol. The molecule has 3 N–H and O–H groups in total. The summed E-state index contributed by atoms with van der Waals surface area (Å²) in [4.78, 5) is 4.31. The van der Waals surface area contributed by atoms with Crippen molar-refractivity contribution in [2.75, 3.05) is 0 Å². The minimum Gasteiger partial charge on any atom is -0.442 e. The lowest BCUT2D eigenvalue weighted by molar-refractivity contribution is 0.411. The number of fused-ring (bicyclic) bond motifs is 1. The second kappa shape index (κ2) is 2.88. The van der Waals surface area contributed by atoms with Gasteiger partial charge in [-0.2, -0.15) is 0 Å². The predicted octanol–water partition coefficient (Wildman–Crippen LogP) is 0.688. The summed E-state index contributed by atoms with van der Waals surface area (Å²) in [5.74, 6) is 1.64. The Kier molecular flexibility index (Phi) is 1.86. The summed E-state index contributed by atoms with van der Waals surface area (Å²) in [5, 5.41) is 3.15. The minimum absolute atomic E-state index is 0.0457. The van der Waals surface area contributed by atoms with Crippen LogP contribution in [-0.2, 0) is 13.1 Å². The van der Waals surface area contributed by atoms with E-state index in [2.05, 4.69) is 10.3 Å². The summed E-state index contributed by atoms with van der Waals surface area (Å²) in [7, 11) is 0. The highest BCUT2D eigenvalue weighted by Crippen LogP contribution is 2.20. The fourth-order valence-electron chi connectivity index (χ4n) is 1.31. The van der Waals surface area contributed by atoms with Crippen LogP contribution in [0.4, 0.5) is 0 Å². The molecule has 0 saturated carbocycles. The maximum absolute atomic E-state index is 5.78. The van der Waals surface area contributed by atoms with Crippen LogP contribution in [0.2, 0.25) is 0 Å². The van der Waals surface area contributed by atoms with Crippen molar-refractivity contribution in [2.45, 2.75) is 32.5 Å². The van der Waals surface area contributed by atoms with E-state index in [0.717, 1.165) is 31.0 Å². The van der Waals surface area contributed by atoms with E-state index >= 15 is 0 Å². The van der Waals surface area contributed by atoms with Gasteiger partial charge in [0.2, 0.25) is 5.89 Å². The van der Waals surface area contributed by atoms with Crippen LogP contribution in [0.15, 0.2) is 4.42 Å². The van der Waals surface area contributed by atoms with E-state index in [4.69, 9.17) is 10.2 Å². The van der Waals surface area contributed by atoms with Crippen LogP contribution in [0, 0.1) is 0 Å². The third-order valence-electron chi connectivity index (χ3n) is 2.13. The highest BCUT2D eigenvalue weighted by molar-refractivity contribution is 5.15. The van der Waals surface area contributed by atoms with Crippen molar-refractivity contribution in [3.05, 3.63) is 17.3 Å². The Morgan fingerprint density at radius 3 is 3.17 bits per heavy atom. The fourth-order valence-corrected chi connectivity index (χ4v) is 1.31. The van der Waals surface area contributed by atoms with Crippen molar-refractivity contribution >= 4 is 0 Å². The molecule has 4 nitrogen and oxygen atoms in total. The maximum Gasteiger partial charge on any atom is 0.211 e. The first kappa shape index (κ1) is 7.76. The number of hydrogen-bond donors (Lipinski definition) is 2. The third-order valence-corrected chi connectivity index (χ3v) is 2.13. The van der Waals surface area contributed by atoms with Crippen LogP contribution >= 0.6 is 0 Å². The highest BCUT2D eigenvalue weighted by Gasteiger charge is 2.20. The molecule has 0 saturated heterocycles. The van der Waals surface area contributed by atoms with Gasteiger partial charge in [0, 0.05) is 6.54 Å². The van der Waals surface area contributed by atoms with E-state index in [-0.39, 0.29) is 6.04 Å². The predicted molar refractivity (Wildman–Crippen MR) is 44.3 cm³/mol. The average Bonchev–Trinajstić information content (AvgIpc) is 2.60. The molecule has 0 fully saturated rings. The van der Waals surface area contributed by atoms with Gasteiger partial charge in [0.1, 0.15) is 5.76 Å². The van der Waals surface area contributed by atoms with Crippen molar-refractivity contribution < 1.29 is 4.42 Å². The average molecular weight is 167 g/mol. The summed E-state index contributed by atoms with van der Waals surface area (Å²) < 4.78 is 5.48. The van der Waals surface area contributed by atoms with E-state index in [1.807, 2.05) is 6.92 Å². The quantitative estimate of drug-likeness (QED) is 0.680. The van der Waals surface area contributed by atoms with E-state index in [9.17, 15) is 0 Å². The molecule has 0 bridgehead atoms. The molecule has 1 aliphatic rings. The largest absolute Gasteiger partial charge is 0.442 e. The van der Waals surface area contributed by atoms with Crippen LogP contribution in [0.1, 0.15) is 36.7 Å². The zero-order valence-electron chi connectivity index (χ0n) is 7.13. The Morgan fingerprint density at radius 1 is 1.67 bits per heavy atom. The molecular formula is C8H13N3O. The van der Waals surface area contributed by atoms with E-state index in [0.29, 0.717) is 5.89 Å². The van der Waals surface area contributed by atoms with E-state index in [1.165, 1.54) is 0 Å². The van der Waals surface area contributed by atoms with Gasteiger partial charge in [-0.25, -0.2) is 4.98 Å². The summed E-state index contributed by atoms with van der Waals surface area (Å²) in [6.07, 6.45) is 0.868. The second-order valence-corrected chi connectivity index (χ2v) is 3.04. The molecular weight excluding hydrogens is 154 g/mol. The Hall–Kier alpha value is -0.870. The Balaban J connectivity index is 2.25. The van der Waals surface area contributed by atoms with Crippen molar-refractivity contribution in [1.29, 1.82) is 0 Å². The van der Waals surface area contributed by atoms with Crippen molar-refractivity contribution in [3.8, 4) is 0 Å². The van der Waals surface area contributed by atoms with E-state index < -0.39 is 0 Å². The smallest absolute Gasteiger partial charge is 0.211 e. The van der Waals surface area contributed by atoms with Crippen LogP contribution in [0.25, 0.3) is 0 Å². The molecule has 1 atom stereocenters. The molecule has 0 radical (unpaired) electrons. The second-order valence-electron chi connectivity index (χ2n) is 3.04. The number of aromatic nitrogens is 1. The first-order chi connectivity index (χ1) is 5.81. The van der Waals surface area contributed by atoms with Gasteiger partial charge in [0.15, 0.2) is 0 Å². The fraction of sp³-hybridized carbons (Fsp3) is 0.625. The third kappa shape index (κ3) is 1.13. The number of hydrogen-bond acceptors (Lipinski definition) is 4. The molecule has 66 valence electrons. The van der Waals surface area contributed by atoms with Gasteiger partial charge in [0.25, 0.3) is 0 Å². The Bertz CT molecular complexity index is 260. The molecule has 4 heteroatoms. The number of nitrogens with two attached hydrogens (primary N) is 1. The van der Waals surface area contributed by atoms with E-state index in [1.54, 1.807) is 0 Å². The molecule has 1 aromatic rings. The van der Waals surface area contributed by atoms with Crippen molar-refractivity contribution in [3.63, 3.8) is 0 Å². The van der Waals surface area contributed by atoms with Crippen LogP contribution in [0.5, 0.6) is 0 Å². The van der Waals surface area contributed by atoms with Gasteiger partial charge in [-0.3, -0.25) is 0 Å². The minimum atomic E-state index is -0.0457. The van der Waals surface area contributed by atoms with Crippen molar-refractivity contribution in [1.82, 2.24) is 10.3 Å². The highest BCUT2D eigenvalue weighted by atomic mass is 16.4. The van der Waals surface area contributed by atoms with Gasteiger partial charge in [-0.05, 0) is 6.42 Å². The lowest BCUT2D eigenvalue weighted by Crippen LogP contribution is -2.10. The number of rotatable bonds is 2. The zero-order valence-corrected chi connectivity index (χ0v) is 7.13. The lowest BCUT2D eigenvalue weighted by Gasteiger charge is -2.01. The van der Waals surface area contributed by atoms with Crippen LogP contribution < -0.4 is 11.1 Å². The number of oxazole rings is 1. The summed E-state index contributed by atoms with van der Waals surface area (Å²) in [5.41, 5.74) is 6.80. The summed E-state index contributed by atoms with van der Waals surface area (Å²) in [6.45, 7) is 3.63. The van der Waals surface area contributed by atoms with Crippen molar-refractivity contribution in [2.24, 2.45) is 5.73 Å². The Labute approximate surface area is 71.2 Å². The van der Waals surface area contributed by atoms with Crippen LogP contribution in [0.3, 0.4) is 0 Å². The van der Waals surface area contributed by atoms with Gasteiger partial charge in [-0.15, -0.1) is 0 Å². The molecule has 1 unspecified atom stereocenters. The zero-order chi connectivity index (χ0) is 8.55. The Morgan fingerprint density at radius 2 is 2.50 bits per heavy atom. The topological polar surface area (TPSA) is 64.1 Å². The molecule has 0 aromatic carbocycles. The van der Waals surface area contributed by atoms with Gasteiger partial charge in [0.05, 0.1) is 18.3 Å². The van der Waals surface area contributed by atoms with Gasteiger partial charge in [-0.1, -0.05) is 6.92 Å². The molecule has 2 heterocycles. The van der Waals surface area contributed by atoms with Gasteiger partial charge < -0.3 is 15.5 Å². The van der Waals surface area contributed by atoms with Crippen LogP contribution in [-0.4, -0.2) is 4.98 Å². The molecule has 0 amide bonds. The number of nitrogens with zero attached hydrogens (tertiary/aromatic N) is 1. The standard InChI is InChI=1S/C8H13N3O/c1-2-5(9)8-11-6-3-10-4-7(6)12-8/h5,10H,2-4,9H2,1H3. The summed E-state index contributed by atoms with van der Waals surface area (Å²) in [6, 6.07) is -0.0457. The van der Waals surface area contributed by atoms with Gasteiger partial charge >= 0.3 is 0 Å².